The second kappa shape index (κ2) is 5.48. The second-order valence-electron chi connectivity index (χ2n) is 4.65. The summed E-state index contributed by atoms with van der Waals surface area (Å²) < 4.78 is 62.9. The van der Waals surface area contributed by atoms with Gasteiger partial charge < -0.3 is 0 Å². The number of halogens is 4. The van der Waals surface area contributed by atoms with Crippen LogP contribution in [0.5, 0.6) is 0 Å². The average molecular weight is 339 g/mol. The molecule has 1 aromatic rings. The van der Waals surface area contributed by atoms with Crippen molar-refractivity contribution < 1.29 is 21.6 Å². The number of hydrogen-bond acceptors (Lipinski definition) is 3. The number of nitriles is 1. The van der Waals surface area contributed by atoms with E-state index in [1.807, 2.05) is 0 Å². The van der Waals surface area contributed by atoms with Gasteiger partial charge in [-0.1, -0.05) is 11.6 Å². The van der Waals surface area contributed by atoms with Crippen LogP contribution < -0.4 is 0 Å². The smallest absolute Gasteiger partial charge is 0.207 e. The molecule has 1 saturated carbocycles. The molecule has 0 aliphatic heterocycles. The Morgan fingerprint density at radius 3 is 2.43 bits per heavy atom. The molecule has 2 rings (SSSR count). The van der Waals surface area contributed by atoms with Crippen LogP contribution in [0.2, 0.25) is 5.02 Å². The number of nitrogens with zero attached hydrogens (tertiary/aromatic N) is 2. The van der Waals surface area contributed by atoms with Crippen molar-refractivity contribution >= 4 is 21.6 Å². The van der Waals surface area contributed by atoms with Crippen molar-refractivity contribution in [1.82, 2.24) is 4.31 Å². The highest BCUT2D eigenvalue weighted by Crippen LogP contribution is 2.36. The molecular weight excluding hydrogens is 329 g/mol. The molecule has 9 heteroatoms. The highest BCUT2D eigenvalue weighted by atomic mass is 35.5. The first kappa shape index (κ1) is 16.1. The number of sulfonamides is 1. The fourth-order valence-electron chi connectivity index (χ4n) is 1.86. The summed E-state index contributed by atoms with van der Waals surface area (Å²) in [6.07, 6.45) is -3.85. The summed E-state index contributed by atoms with van der Waals surface area (Å²) in [6.45, 7) is -1.55. The highest BCUT2D eigenvalue weighted by Gasteiger charge is 2.45. The second-order valence-corrected chi connectivity index (χ2v) is 6.92. The van der Waals surface area contributed by atoms with E-state index in [1.165, 1.54) is 6.07 Å². The van der Waals surface area contributed by atoms with Gasteiger partial charge in [-0.15, -0.1) is 0 Å². The first-order valence-electron chi connectivity index (χ1n) is 5.93. The van der Waals surface area contributed by atoms with E-state index in [4.69, 9.17) is 16.9 Å². The van der Waals surface area contributed by atoms with E-state index in [0.29, 0.717) is 17.1 Å². The normalized spacial score (nSPS) is 16.0. The Labute approximate surface area is 124 Å². The van der Waals surface area contributed by atoms with Gasteiger partial charge in [0.05, 0.1) is 16.7 Å². The van der Waals surface area contributed by atoms with Gasteiger partial charge in [0.2, 0.25) is 10.0 Å². The fourth-order valence-corrected chi connectivity index (χ4v) is 4.05. The fraction of sp³-hybridized carbons (Fsp3) is 0.417. The molecule has 0 bridgehead atoms. The Balaban J connectivity index is 2.42. The number of rotatable bonds is 4. The molecule has 0 atom stereocenters. The highest BCUT2D eigenvalue weighted by molar-refractivity contribution is 7.89. The van der Waals surface area contributed by atoms with Crippen molar-refractivity contribution in [2.75, 3.05) is 6.54 Å². The molecule has 1 fully saturated rings. The van der Waals surface area contributed by atoms with Crippen LogP contribution in [0.25, 0.3) is 0 Å². The van der Waals surface area contributed by atoms with E-state index >= 15 is 0 Å². The molecule has 0 saturated heterocycles. The SMILES string of the molecule is N#Cc1ccc(S(=O)(=O)N(CC(F)(F)F)C2CC2)c(Cl)c1. The lowest BCUT2D eigenvalue weighted by molar-refractivity contribution is -0.137. The van der Waals surface area contributed by atoms with E-state index in [2.05, 4.69) is 0 Å². The summed E-state index contributed by atoms with van der Waals surface area (Å²) in [4.78, 5) is -0.417. The summed E-state index contributed by atoms with van der Waals surface area (Å²) in [5, 5.41) is 8.44. The molecule has 0 spiro atoms. The van der Waals surface area contributed by atoms with Crippen LogP contribution in [0, 0.1) is 11.3 Å². The molecule has 0 aromatic heterocycles. The summed E-state index contributed by atoms with van der Waals surface area (Å²) in [5.41, 5.74) is 0.132. The molecule has 114 valence electrons. The number of benzene rings is 1. The van der Waals surface area contributed by atoms with Gasteiger partial charge in [0, 0.05) is 6.04 Å². The minimum atomic E-state index is -4.63. The van der Waals surface area contributed by atoms with Gasteiger partial charge in [-0.2, -0.15) is 22.7 Å². The summed E-state index contributed by atoms with van der Waals surface area (Å²) >= 11 is 5.79. The van der Waals surface area contributed by atoms with E-state index < -0.39 is 33.7 Å². The van der Waals surface area contributed by atoms with Crippen LogP contribution in [0.3, 0.4) is 0 Å². The lowest BCUT2D eigenvalue weighted by Crippen LogP contribution is -2.40. The maximum absolute atomic E-state index is 12.6. The van der Waals surface area contributed by atoms with Crippen molar-refractivity contribution in [2.45, 2.75) is 30.0 Å². The maximum Gasteiger partial charge on any atom is 0.402 e. The van der Waals surface area contributed by atoms with Crippen molar-refractivity contribution in [3.63, 3.8) is 0 Å². The molecule has 0 N–H and O–H groups in total. The van der Waals surface area contributed by atoms with Crippen LogP contribution in [-0.4, -0.2) is 31.5 Å². The van der Waals surface area contributed by atoms with E-state index in [1.54, 1.807) is 6.07 Å². The molecule has 1 aliphatic rings. The minimum absolute atomic E-state index is 0.132. The Kier molecular flexibility index (Phi) is 4.19. The molecule has 0 radical (unpaired) electrons. The van der Waals surface area contributed by atoms with Gasteiger partial charge in [0.1, 0.15) is 11.4 Å². The first-order chi connectivity index (χ1) is 9.65. The molecule has 4 nitrogen and oxygen atoms in total. The monoisotopic (exact) mass is 338 g/mol. The Morgan fingerprint density at radius 1 is 1.38 bits per heavy atom. The zero-order valence-electron chi connectivity index (χ0n) is 10.6. The maximum atomic E-state index is 12.6. The van der Waals surface area contributed by atoms with Gasteiger partial charge in [-0.25, -0.2) is 8.42 Å². The third-order valence-electron chi connectivity index (χ3n) is 2.94. The topological polar surface area (TPSA) is 61.2 Å². The van der Waals surface area contributed by atoms with Crippen LogP contribution in [-0.2, 0) is 10.0 Å². The Hall–Kier alpha value is -1.30. The molecule has 1 aliphatic carbocycles. The van der Waals surface area contributed by atoms with Crippen molar-refractivity contribution in [2.24, 2.45) is 0 Å². The number of hydrogen-bond donors (Lipinski definition) is 0. The first-order valence-corrected chi connectivity index (χ1v) is 7.75. The molecule has 0 heterocycles. The number of alkyl halides is 3. The van der Waals surface area contributed by atoms with Gasteiger partial charge in [0.25, 0.3) is 0 Å². The standard InChI is InChI=1S/C12H10ClF3N2O2S/c13-10-5-8(6-17)1-4-11(10)21(19,20)18(9-2-3-9)7-12(14,15)16/h1,4-5,9H,2-3,7H2. The zero-order chi connectivity index (χ0) is 15.8. The van der Waals surface area contributed by atoms with E-state index in [-0.39, 0.29) is 10.6 Å². The quantitative estimate of drug-likeness (QED) is 0.848. The lowest BCUT2D eigenvalue weighted by atomic mass is 10.2. The van der Waals surface area contributed by atoms with E-state index in [0.717, 1.165) is 12.1 Å². The Bertz CT molecular complexity index is 693. The van der Waals surface area contributed by atoms with Crippen LogP contribution in [0.4, 0.5) is 13.2 Å². The predicted octanol–water partition coefficient (Wildman–Crippen LogP) is 2.93. The van der Waals surface area contributed by atoms with Crippen molar-refractivity contribution in [1.29, 1.82) is 5.26 Å². The minimum Gasteiger partial charge on any atom is -0.207 e. The van der Waals surface area contributed by atoms with Gasteiger partial charge in [0.15, 0.2) is 0 Å². The van der Waals surface area contributed by atoms with Crippen LogP contribution >= 0.6 is 11.6 Å². The summed E-state index contributed by atoms with van der Waals surface area (Å²) in [5.74, 6) is 0. The zero-order valence-corrected chi connectivity index (χ0v) is 12.1. The largest absolute Gasteiger partial charge is 0.402 e. The molecule has 0 amide bonds. The third-order valence-corrected chi connectivity index (χ3v) is 5.32. The third kappa shape index (κ3) is 3.67. The van der Waals surface area contributed by atoms with Crippen molar-refractivity contribution in [3.05, 3.63) is 28.8 Å². The van der Waals surface area contributed by atoms with Crippen LogP contribution in [0.1, 0.15) is 18.4 Å². The van der Waals surface area contributed by atoms with Crippen LogP contribution in [0.15, 0.2) is 23.1 Å². The molecule has 21 heavy (non-hydrogen) atoms. The predicted molar refractivity (Wildman–Crippen MR) is 69.1 cm³/mol. The summed E-state index contributed by atoms with van der Waals surface area (Å²) in [6, 6.07) is 4.51. The molecule has 0 unspecified atom stereocenters. The van der Waals surface area contributed by atoms with Gasteiger partial charge in [-0.3, -0.25) is 0 Å². The Morgan fingerprint density at radius 2 is 2.00 bits per heavy atom. The molecule has 1 aromatic carbocycles. The van der Waals surface area contributed by atoms with E-state index in [9.17, 15) is 21.6 Å². The van der Waals surface area contributed by atoms with Gasteiger partial charge in [-0.05, 0) is 31.0 Å². The lowest BCUT2D eigenvalue weighted by Gasteiger charge is -2.23. The average Bonchev–Trinajstić information content (AvgIpc) is 3.18. The van der Waals surface area contributed by atoms with Crippen molar-refractivity contribution in [3.8, 4) is 6.07 Å². The molecular formula is C12H10ClF3N2O2S. The summed E-state index contributed by atoms with van der Waals surface area (Å²) in [7, 11) is -4.35. The van der Waals surface area contributed by atoms with Gasteiger partial charge >= 0.3 is 6.18 Å².